The third kappa shape index (κ3) is 2.73. The zero-order valence-corrected chi connectivity index (χ0v) is 9.85. The second-order valence-electron chi connectivity index (χ2n) is 3.41. The number of anilines is 1. The van der Waals surface area contributed by atoms with Crippen LogP contribution >= 0.6 is 15.9 Å². The minimum absolute atomic E-state index is 0.0768. The molecule has 4 heteroatoms. The van der Waals surface area contributed by atoms with Crippen LogP contribution in [0.4, 0.5) is 5.69 Å². The Kier molecular flexibility index (Phi) is 3.52. The summed E-state index contributed by atoms with van der Waals surface area (Å²) in [5, 5.41) is 10.6. The van der Waals surface area contributed by atoms with Gasteiger partial charge in [0, 0.05) is 21.8 Å². The van der Waals surface area contributed by atoms with Gasteiger partial charge in [-0.1, -0.05) is 0 Å². The Balaban J connectivity index is 2.94. The van der Waals surface area contributed by atoms with Gasteiger partial charge in [0.15, 0.2) is 0 Å². The van der Waals surface area contributed by atoms with Gasteiger partial charge in [0.1, 0.15) is 5.84 Å². The second kappa shape index (κ2) is 4.46. The van der Waals surface area contributed by atoms with Crippen molar-refractivity contribution in [3.05, 3.63) is 28.2 Å². The molecule has 0 unspecified atom stereocenters. The zero-order valence-electron chi connectivity index (χ0n) is 8.26. The van der Waals surface area contributed by atoms with Gasteiger partial charge in [0.05, 0.1) is 0 Å². The molecule has 0 saturated heterocycles. The molecule has 1 aromatic rings. The van der Waals surface area contributed by atoms with E-state index in [-0.39, 0.29) is 5.84 Å². The maximum atomic E-state index is 7.32. The average molecular weight is 256 g/mol. The average Bonchev–Trinajstić information content (AvgIpc) is 2.01. The van der Waals surface area contributed by atoms with Crippen molar-refractivity contribution in [2.45, 2.75) is 19.9 Å². The molecule has 76 valence electrons. The highest BCUT2D eigenvalue weighted by molar-refractivity contribution is 9.10. The van der Waals surface area contributed by atoms with E-state index >= 15 is 0 Å². The number of hydrogen-bond acceptors (Lipinski definition) is 2. The van der Waals surface area contributed by atoms with Gasteiger partial charge in [0.2, 0.25) is 0 Å². The van der Waals surface area contributed by atoms with Crippen molar-refractivity contribution in [2.75, 3.05) is 5.32 Å². The van der Waals surface area contributed by atoms with Crippen LogP contribution in [0.15, 0.2) is 22.7 Å². The van der Waals surface area contributed by atoms with E-state index in [1.165, 1.54) is 0 Å². The quantitative estimate of drug-likeness (QED) is 0.575. The molecule has 0 radical (unpaired) electrons. The molecule has 0 saturated carbocycles. The van der Waals surface area contributed by atoms with E-state index in [9.17, 15) is 0 Å². The maximum absolute atomic E-state index is 7.32. The molecular weight excluding hydrogens is 242 g/mol. The predicted molar refractivity (Wildman–Crippen MR) is 63.9 cm³/mol. The largest absolute Gasteiger partial charge is 0.384 e. The summed E-state index contributed by atoms with van der Waals surface area (Å²) in [7, 11) is 0. The van der Waals surface area contributed by atoms with Crippen molar-refractivity contribution in [2.24, 2.45) is 5.73 Å². The van der Waals surface area contributed by atoms with Crippen molar-refractivity contribution in [3.63, 3.8) is 0 Å². The number of nitrogen functional groups attached to an aromatic ring is 1. The summed E-state index contributed by atoms with van der Waals surface area (Å²) in [4.78, 5) is 0. The molecule has 14 heavy (non-hydrogen) atoms. The third-order valence-corrected chi connectivity index (χ3v) is 2.37. The first-order valence-electron chi connectivity index (χ1n) is 4.41. The fourth-order valence-corrected chi connectivity index (χ4v) is 1.75. The van der Waals surface area contributed by atoms with Gasteiger partial charge in [0.25, 0.3) is 0 Å². The van der Waals surface area contributed by atoms with Gasteiger partial charge in [-0.2, -0.15) is 0 Å². The second-order valence-corrected chi connectivity index (χ2v) is 4.26. The minimum Gasteiger partial charge on any atom is -0.384 e. The first kappa shape index (κ1) is 11.0. The van der Waals surface area contributed by atoms with Gasteiger partial charge in [-0.3, -0.25) is 5.41 Å². The Labute approximate surface area is 92.3 Å². The number of halogens is 1. The number of rotatable bonds is 3. The standard InChI is InChI=1S/C10H14BrN3/c1-6(2)14-7-3-4-8(10(12)13)9(11)5-7/h3-6,14H,1-2H3,(H3,12,13). The van der Waals surface area contributed by atoms with E-state index < -0.39 is 0 Å². The normalized spacial score (nSPS) is 10.3. The minimum atomic E-state index is 0.0768. The molecule has 4 N–H and O–H groups in total. The highest BCUT2D eigenvalue weighted by Crippen LogP contribution is 2.21. The number of hydrogen-bond donors (Lipinski definition) is 3. The van der Waals surface area contributed by atoms with E-state index in [0.29, 0.717) is 6.04 Å². The predicted octanol–water partition coefficient (Wildman–Crippen LogP) is 2.55. The molecule has 1 aromatic carbocycles. The summed E-state index contributed by atoms with van der Waals surface area (Å²) in [6.45, 7) is 4.15. The first-order chi connectivity index (χ1) is 6.50. The lowest BCUT2D eigenvalue weighted by molar-refractivity contribution is 0.899. The topological polar surface area (TPSA) is 61.9 Å². The van der Waals surface area contributed by atoms with Crippen LogP contribution < -0.4 is 11.1 Å². The third-order valence-electron chi connectivity index (χ3n) is 1.71. The van der Waals surface area contributed by atoms with Crippen LogP contribution in [0, 0.1) is 5.41 Å². The highest BCUT2D eigenvalue weighted by Gasteiger charge is 2.04. The van der Waals surface area contributed by atoms with E-state index in [0.717, 1.165) is 15.7 Å². The van der Waals surface area contributed by atoms with Crippen LogP contribution in [0.3, 0.4) is 0 Å². The Morgan fingerprint density at radius 1 is 1.50 bits per heavy atom. The van der Waals surface area contributed by atoms with E-state index in [2.05, 4.69) is 35.1 Å². The lowest BCUT2D eigenvalue weighted by Gasteiger charge is -2.11. The fraction of sp³-hybridized carbons (Fsp3) is 0.300. The van der Waals surface area contributed by atoms with Crippen LogP contribution in [0.25, 0.3) is 0 Å². The van der Waals surface area contributed by atoms with Crippen molar-refractivity contribution in [1.29, 1.82) is 5.41 Å². The van der Waals surface area contributed by atoms with Crippen LogP contribution in [-0.4, -0.2) is 11.9 Å². The number of nitrogens with one attached hydrogen (secondary N) is 2. The van der Waals surface area contributed by atoms with Gasteiger partial charge >= 0.3 is 0 Å². The Hall–Kier alpha value is -1.03. The SMILES string of the molecule is CC(C)Nc1ccc(C(=N)N)c(Br)c1. The van der Waals surface area contributed by atoms with Gasteiger partial charge in [-0.05, 0) is 48.0 Å². The van der Waals surface area contributed by atoms with Crippen LogP contribution in [0.1, 0.15) is 19.4 Å². The Bertz CT molecular complexity index is 347. The molecule has 0 amide bonds. The van der Waals surface area contributed by atoms with Gasteiger partial charge in [-0.15, -0.1) is 0 Å². The smallest absolute Gasteiger partial charge is 0.123 e. The van der Waals surface area contributed by atoms with Crippen molar-refractivity contribution in [3.8, 4) is 0 Å². The van der Waals surface area contributed by atoms with Crippen LogP contribution in [0.5, 0.6) is 0 Å². The molecule has 3 nitrogen and oxygen atoms in total. The molecule has 0 spiro atoms. The Morgan fingerprint density at radius 3 is 2.57 bits per heavy atom. The molecule has 0 heterocycles. The summed E-state index contributed by atoms with van der Waals surface area (Å²) in [5.41, 5.74) is 7.15. The van der Waals surface area contributed by atoms with Crippen LogP contribution in [-0.2, 0) is 0 Å². The summed E-state index contributed by atoms with van der Waals surface area (Å²) in [6, 6.07) is 6.07. The van der Waals surface area contributed by atoms with Crippen molar-refractivity contribution < 1.29 is 0 Å². The number of amidine groups is 1. The molecule has 0 aliphatic heterocycles. The summed E-state index contributed by atoms with van der Waals surface area (Å²) < 4.78 is 0.843. The molecule has 0 fully saturated rings. The zero-order chi connectivity index (χ0) is 10.7. The highest BCUT2D eigenvalue weighted by atomic mass is 79.9. The lowest BCUT2D eigenvalue weighted by atomic mass is 10.2. The molecule has 0 aliphatic carbocycles. The number of benzene rings is 1. The van der Waals surface area contributed by atoms with Crippen molar-refractivity contribution >= 4 is 27.5 Å². The molecule has 0 bridgehead atoms. The monoisotopic (exact) mass is 255 g/mol. The maximum Gasteiger partial charge on any atom is 0.123 e. The molecule has 0 aromatic heterocycles. The molecule has 0 atom stereocenters. The van der Waals surface area contributed by atoms with Crippen LogP contribution in [0.2, 0.25) is 0 Å². The molecule has 0 aliphatic rings. The molecular formula is C10H14BrN3. The van der Waals surface area contributed by atoms with Gasteiger partial charge < -0.3 is 11.1 Å². The lowest BCUT2D eigenvalue weighted by Crippen LogP contribution is -2.13. The van der Waals surface area contributed by atoms with E-state index in [4.69, 9.17) is 11.1 Å². The summed E-state index contributed by atoms with van der Waals surface area (Å²) >= 11 is 3.38. The van der Waals surface area contributed by atoms with E-state index in [1.54, 1.807) is 0 Å². The first-order valence-corrected chi connectivity index (χ1v) is 5.20. The van der Waals surface area contributed by atoms with Crippen molar-refractivity contribution in [1.82, 2.24) is 0 Å². The van der Waals surface area contributed by atoms with Gasteiger partial charge in [-0.25, -0.2) is 0 Å². The summed E-state index contributed by atoms with van der Waals surface area (Å²) in [6.07, 6.45) is 0. The molecule has 1 rings (SSSR count). The fourth-order valence-electron chi connectivity index (χ4n) is 1.16. The Morgan fingerprint density at radius 2 is 2.14 bits per heavy atom. The van der Waals surface area contributed by atoms with E-state index in [1.807, 2.05) is 18.2 Å². The number of nitrogens with two attached hydrogens (primary N) is 1. The summed E-state index contributed by atoms with van der Waals surface area (Å²) in [5.74, 6) is 0.0768.